The van der Waals surface area contributed by atoms with Gasteiger partial charge < -0.3 is 9.73 Å². The number of hydrogen-bond acceptors (Lipinski definition) is 5. The minimum Gasteiger partial charge on any atom is -0.465 e. The molecule has 2 heterocycles. The molecular formula is C21H16FN5O2. The molecule has 0 saturated carbocycles. The van der Waals surface area contributed by atoms with E-state index in [1.807, 2.05) is 30.3 Å². The van der Waals surface area contributed by atoms with E-state index in [1.165, 1.54) is 23.1 Å². The van der Waals surface area contributed by atoms with Gasteiger partial charge in [0.1, 0.15) is 17.3 Å². The highest BCUT2D eigenvalue weighted by atomic mass is 19.1. The van der Waals surface area contributed by atoms with Crippen molar-refractivity contribution in [2.24, 2.45) is 0 Å². The molecular weight excluding hydrogens is 373 g/mol. The molecule has 8 heteroatoms. The molecule has 0 spiro atoms. The minimum atomic E-state index is -0.407. The minimum absolute atomic E-state index is 0.186. The number of rotatable bonds is 6. The molecule has 0 aliphatic heterocycles. The lowest BCUT2D eigenvalue weighted by molar-refractivity contribution is -0.116. The molecule has 0 radical (unpaired) electrons. The number of amides is 1. The van der Waals surface area contributed by atoms with E-state index in [0.717, 1.165) is 11.1 Å². The molecule has 1 N–H and O–H groups in total. The molecule has 2 aromatic carbocycles. The molecule has 144 valence electrons. The van der Waals surface area contributed by atoms with Gasteiger partial charge in [0, 0.05) is 18.2 Å². The van der Waals surface area contributed by atoms with Crippen LogP contribution in [0.2, 0.25) is 0 Å². The maximum atomic E-state index is 13.1. The fourth-order valence-electron chi connectivity index (χ4n) is 2.72. The topological polar surface area (TPSA) is 85.8 Å². The van der Waals surface area contributed by atoms with Crippen LogP contribution in [0.3, 0.4) is 0 Å². The molecule has 4 rings (SSSR count). The maximum Gasteiger partial charge on any atom is 0.270 e. The fraction of sp³-hybridized carbons (Fsp3) is 0.0476. The summed E-state index contributed by atoms with van der Waals surface area (Å²) in [5, 5.41) is 14.6. The Morgan fingerprint density at radius 3 is 2.59 bits per heavy atom. The number of benzene rings is 2. The highest BCUT2D eigenvalue weighted by Gasteiger charge is 2.19. The molecule has 0 fully saturated rings. The summed E-state index contributed by atoms with van der Waals surface area (Å²) in [5.41, 5.74) is 1.71. The zero-order valence-electron chi connectivity index (χ0n) is 15.2. The zero-order chi connectivity index (χ0) is 20.1. The maximum absolute atomic E-state index is 13.1. The quantitative estimate of drug-likeness (QED) is 0.511. The van der Waals surface area contributed by atoms with Gasteiger partial charge in [0.2, 0.25) is 0 Å². The summed E-state index contributed by atoms with van der Waals surface area (Å²) in [5.74, 6) is 0.154. The van der Waals surface area contributed by atoms with Gasteiger partial charge in [-0.05, 0) is 40.3 Å². The first-order chi connectivity index (χ1) is 14.2. The van der Waals surface area contributed by atoms with Crippen LogP contribution in [-0.2, 0) is 11.3 Å². The second-order valence-electron chi connectivity index (χ2n) is 6.13. The van der Waals surface area contributed by atoms with E-state index in [4.69, 9.17) is 4.42 Å². The van der Waals surface area contributed by atoms with Crippen LogP contribution in [0.4, 0.5) is 4.39 Å². The van der Waals surface area contributed by atoms with Gasteiger partial charge in [0.05, 0.1) is 6.26 Å². The van der Waals surface area contributed by atoms with Gasteiger partial charge in [0.15, 0.2) is 5.82 Å². The van der Waals surface area contributed by atoms with Crippen molar-refractivity contribution in [1.82, 2.24) is 25.5 Å². The molecule has 0 atom stereocenters. The van der Waals surface area contributed by atoms with E-state index < -0.39 is 5.91 Å². The normalized spacial score (nSPS) is 11.4. The van der Waals surface area contributed by atoms with Gasteiger partial charge in [-0.1, -0.05) is 42.5 Å². The van der Waals surface area contributed by atoms with Gasteiger partial charge in [-0.3, -0.25) is 4.79 Å². The number of furan rings is 1. The van der Waals surface area contributed by atoms with Gasteiger partial charge in [-0.2, -0.15) is 4.68 Å². The van der Waals surface area contributed by atoms with Crippen molar-refractivity contribution in [1.29, 1.82) is 0 Å². The summed E-state index contributed by atoms with van der Waals surface area (Å²) >= 11 is 0. The second-order valence-corrected chi connectivity index (χ2v) is 6.13. The van der Waals surface area contributed by atoms with E-state index >= 15 is 0 Å². The summed E-state index contributed by atoms with van der Waals surface area (Å²) < 4.78 is 19.8. The Morgan fingerprint density at radius 1 is 1.07 bits per heavy atom. The molecule has 2 aromatic heterocycles. The molecule has 4 aromatic rings. The van der Waals surface area contributed by atoms with Crippen LogP contribution in [0.5, 0.6) is 0 Å². The van der Waals surface area contributed by atoms with Crippen molar-refractivity contribution >= 4 is 17.7 Å². The Hall–Kier alpha value is -4.07. The Labute approximate surface area is 165 Å². The van der Waals surface area contributed by atoms with Gasteiger partial charge >= 0.3 is 0 Å². The third-order valence-corrected chi connectivity index (χ3v) is 4.15. The van der Waals surface area contributed by atoms with Crippen molar-refractivity contribution in [3.63, 3.8) is 0 Å². The largest absolute Gasteiger partial charge is 0.465 e. The van der Waals surface area contributed by atoms with Gasteiger partial charge in [-0.15, -0.1) is 5.10 Å². The van der Waals surface area contributed by atoms with Crippen molar-refractivity contribution in [3.05, 3.63) is 90.1 Å². The third kappa shape index (κ3) is 4.27. The predicted molar refractivity (Wildman–Crippen MR) is 104 cm³/mol. The first kappa shape index (κ1) is 18.3. The molecule has 0 aliphatic rings. The smallest absolute Gasteiger partial charge is 0.270 e. The van der Waals surface area contributed by atoms with E-state index in [-0.39, 0.29) is 18.1 Å². The van der Waals surface area contributed by atoms with Crippen molar-refractivity contribution in [2.75, 3.05) is 0 Å². The first-order valence-corrected chi connectivity index (χ1v) is 8.83. The summed E-state index contributed by atoms with van der Waals surface area (Å²) in [7, 11) is 0. The Morgan fingerprint density at radius 2 is 1.86 bits per heavy atom. The number of tetrazole rings is 1. The van der Waals surface area contributed by atoms with Gasteiger partial charge in [-0.25, -0.2) is 4.39 Å². The van der Waals surface area contributed by atoms with Crippen LogP contribution < -0.4 is 5.32 Å². The van der Waals surface area contributed by atoms with Crippen LogP contribution in [0.25, 0.3) is 23.2 Å². The number of hydrogen-bond donors (Lipinski definition) is 1. The zero-order valence-corrected chi connectivity index (χ0v) is 15.2. The van der Waals surface area contributed by atoms with Crippen LogP contribution in [-0.4, -0.2) is 26.1 Å². The fourth-order valence-corrected chi connectivity index (χ4v) is 2.72. The Bertz CT molecular complexity index is 1120. The molecule has 29 heavy (non-hydrogen) atoms. The number of aromatic nitrogens is 4. The summed E-state index contributed by atoms with van der Waals surface area (Å²) in [6, 6.07) is 18.6. The second kappa shape index (κ2) is 8.30. The van der Waals surface area contributed by atoms with Crippen LogP contribution in [0.1, 0.15) is 11.3 Å². The van der Waals surface area contributed by atoms with E-state index in [9.17, 15) is 9.18 Å². The number of halogens is 1. The molecule has 0 bridgehead atoms. The average molecular weight is 389 g/mol. The third-order valence-electron chi connectivity index (χ3n) is 4.15. The lowest BCUT2D eigenvalue weighted by Crippen LogP contribution is -2.27. The monoisotopic (exact) mass is 389 g/mol. The number of nitrogens with one attached hydrogen (secondary N) is 1. The van der Waals surface area contributed by atoms with Crippen molar-refractivity contribution in [3.8, 4) is 11.4 Å². The van der Waals surface area contributed by atoms with Crippen molar-refractivity contribution < 1.29 is 13.6 Å². The Kier molecular flexibility index (Phi) is 5.24. The van der Waals surface area contributed by atoms with Crippen LogP contribution in [0, 0.1) is 5.82 Å². The first-order valence-electron chi connectivity index (χ1n) is 8.83. The van der Waals surface area contributed by atoms with Crippen molar-refractivity contribution in [2.45, 2.75) is 6.54 Å². The Balaban J connectivity index is 1.65. The number of carbonyl (C=O) groups excluding carboxylic acids is 1. The number of nitrogens with zero attached hydrogens (tertiary/aromatic N) is 4. The molecule has 1 amide bonds. The summed E-state index contributed by atoms with van der Waals surface area (Å²) in [6.07, 6.45) is 3.07. The van der Waals surface area contributed by atoms with Gasteiger partial charge in [0.25, 0.3) is 5.91 Å². The highest BCUT2D eigenvalue weighted by molar-refractivity contribution is 6.18. The average Bonchev–Trinajstić information content (AvgIpc) is 3.44. The van der Waals surface area contributed by atoms with E-state index in [1.54, 1.807) is 30.3 Å². The standard InChI is InChI=1S/C21H16FN5O2/c22-17-10-8-15(9-11-17)14-23-21(28)19(13-18-7-4-12-29-18)27-20(24-25-26-27)16-5-2-1-3-6-16/h1-13H,14H2,(H,23,28)/b19-13+. The molecule has 0 saturated heterocycles. The van der Waals surface area contributed by atoms with Crippen LogP contribution >= 0.6 is 0 Å². The predicted octanol–water partition coefficient (Wildman–Crippen LogP) is 3.39. The molecule has 0 aliphatic carbocycles. The number of carbonyl (C=O) groups is 1. The SMILES string of the molecule is O=C(NCc1ccc(F)cc1)/C(=C\c1ccco1)n1nnnc1-c1ccccc1. The molecule has 0 unspecified atom stereocenters. The lowest BCUT2D eigenvalue weighted by atomic mass is 10.2. The van der Waals surface area contributed by atoms with E-state index in [2.05, 4.69) is 20.8 Å². The molecule has 7 nitrogen and oxygen atoms in total. The summed E-state index contributed by atoms with van der Waals surface area (Å²) in [4.78, 5) is 13.0. The highest BCUT2D eigenvalue weighted by Crippen LogP contribution is 2.20. The summed E-state index contributed by atoms with van der Waals surface area (Å²) in [6.45, 7) is 0.220. The lowest BCUT2D eigenvalue weighted by Gasteiger charge is -2.10. The van der Waals surface area contributed by atoms with E-state index in [0.29, 0.717) is 11.6 Å². The van der Waals surface area contributed by atoms with Crippen LogP contribution in [0.15, 0.2) is 77.4 Å².